The van der Waals surface area contributed by atoms with E-state index in [0.717, 1.165) is 0 Å². The van der Waals surface area contributed by atoms with Crippen molar-refractivity contribution in [2.75, 3.05) is 33.2 Å². The van der Waals surface area contributed by atoms with Crippen LogP contribution in [0.4, 0.5) is 43.9 Å². The predicted octanol–water partition coefficient (Wildman–Crippen LogP) is 3.28. The fraction of sp³-hybridized carbons (Fsp3) is 0.800. The molecular weight excluding hydrogens is 352 g/mol. The molecule has 0 saturated carbocycles. The van der Waals surface area contributed by atoms with E-state index in [4.69, 9.17) is 0 Å². The molecule has 13 heteroatoms. The average Bonchev–Trinajstić information content (AvgIpc) is 2.36. The van der Waals surface area contributed by atoms with E-state index in [1.54, 1.807) is 0 Å². The summed E-state index contributed by atoms with van der Waals surface area (Å²) >= 11 is 0. The second-order valence-corrected chi connectivity index (χ2v) is 4.60. The molecule has 0 amide bonds. The molecule has 0 unspecified atom stereocenters. The van der Waals surface area contributed by atoms with Crippen molar-refractivity contribution < 1.29 is 43.9 Å². The zero-order valence-corrected chi connectivity index (χ0v) is 11.4. The van der Waals surface area contributed by atoms with Crippen LogP contribution < -0.4 is 0 Å². The Bertz CT molecular complexity index is 441. The van der Waals surface area contributed by atoms with E-state index in [9.17, 15) is 43.9 Å². The fourth-order valence-electron chi connectivity index (χ4n) is 1.92. The van der Waals surface area contributed by atoms with E-state index >= 15 is 0 Å². The molecule has 3 nitrogen and oxygen atoms in total. The van der Waals surface area contributed by atoms with E-state index < -0.39 is 61.5 Å². The molecule has 0 aromatic heterocycles. The molecule has 23 heavy (non-hydrogen) atoms. The van der Waals surface area contributed by atoms with Crippen LogP contribution in [0.5, 0.6) is 0 Å². The standard InChI is InChI=1S/C10H11F10N3/c1-21(9(15,16)17)7(6(11)8(12,13)14)22-2-4-23(5-3-22)10(18,19)20/h2-5H2,1H3/b7-6-. The van der Waals surface area contributed by atoms with Crippen molar-refractivity contribution in [1.29, 1.82) is 0 Å². The largest absolute Gasteiger partial charge is 0.485 e. The normalized spacial score (nSPS) is 19.7. The van der Waals surface area contributed by atoms with Crippen LogP contribution >= 0.6 is 0 Å². The molecule has 0 spiro atoms. The summed E-state index contributed by atoms with van der Waals surface area (Å²) in [4.78, 5) is -0.697. The molecule has 1 aliphatic rings. The minimum Gasteiger partial charge on any atom is -0.353 e. The van der Waals surface area contributed by atoms with Crippen LogP contribution in [-0.2, 0) is 0 Å². The third-order valence-electron chi connectivity index (χ3n) is 3.08. The number of piperazine rings is 1. The average molecular weight is 363 g/mol. The molecule has 1 saturated heterocycles. The lowest BCUT2D eigenvalue weighted by Crippen LogP contribution is -2.54. The van der Waals surface area contributed by atoms with E-state index in [1.165, 1.54) is 0 Å². The zero-order valence-electron chi connectivity index (χ0n) is 11.4. The Labute approximate surface area is 123 Å². The molecule has 0 atom stereocenters. The van der Waals surface area contributed by atoms with Gasteiger partial charge in [0.1, 0.15) is 0 Å². The van der Waals surface area contributed by atoms with Gasteiger partial charge in [0.2, 0.25) is 5.83 Å². The van der Waals surface area contributed by atoms with Gasteiger partial charge in [-0.05, 0) is 0 Å². The van der Waals surface area contributed by atoms with Crippen LogP contribution in [0.3, 0.4) is 0 Å². The van der Waals surface area contributed by atoms with Gasteiger partial charge in [-0.3, -0.25) is 4.90 Å². The smallest absolute Gasteiger partial charge is 0.353 e. The van der Waals surface area contributed by atoms with Gasteiger partial charge >= 0.3 is 18.8 Å². The van der Waals surface area contributed by atoms with Crippen molar-refractivity contribution in [3.05, 3.63) is 11.6 Å². The first-order chi connectivity index (χ1) is 10.2. The molecule has 1 fully saturated rings. The predicted molar refractivity (Wildman–Crippen MR) is 57.2 cm³/mol. The second-order valence-electron chi connectivity index (χ2n) is 4.60. The summed E-state index contributed by atoms with van der Waals surface area (Å²) in [5.41, 5.74) is 0. The maximum atomic E-state index is 13.4. The first-order valence-corrected chi connectivity index (χ1v) is 6.00. The molecule has 0 aliphatic carbocycles. The molecule has 0 bridgehead atoms. The van der Waals surface area contributed by atoms with Crippen molar-refractivity contribution >= 4 is 0 Å². The minimum absolute atomic E-state index is 0.0831. The first-order valence-electron chi connectivity index (χ1n) is 6.00. The molecule has 0 aromatic carbocycles. The number of hydrogen-bond acceptors (Lipinski definition) is 3. The van der Waals surface area contributed by atoms with Gasteiger partial charge in [0.15, 0.2) is 5.82 Å². The quantitative estimate of drug-likeness (QED) is 0.551. The maximum absolute atomic E-state index is 13.4. The number of nitrogens with zero attached hydrogens (tertiary/aromatic N) is 3. The molecule has 136 valence electrons. The van der Waals surface area contributed by atoms with Gasteiger partial charge in [-0.1, -0.05) is 0 Å². The van der Waals surface area contributed by atoms with Crippen molar-refractivity contribution in [2.45, 2.75) is 18.8 Å². The van der Waals surface area contributed by atoms with Gasteiger partial charge < -0.3 is 4.90 Å². The lowest BCUT2D eigenvalue weighted by Gasteiger charge is -2.40. The van der Waals surface area contributed by atoms with Crippen molar-refractivity contribution in [3.8, 4) is 0 Å². The van der Waals surface area contributed by atoms with Gasteiger partial charge in [-0.25, -0.2) is 4.90 Å². The Morgan fingerprint density at radius 3 is 1.57 bits per heavy atom. The van der Waals surface area contributed by atoms with Crippen molar-refractivity contribution in [3.63, 3.8) is 0 Å². The first kappa shape index (κ1) is 19.6. The highest BCUT2D eigenvalue weighted by atomic mass is 19.4. The van der Waals surface area contributed by atoms with Crippen LogP contribution in [0.15, 0.2) is 11.6 Å². The summed E-state index contributed by atoms with van der Waals surface area (Å²) in [5, 5.41) is 0. The van der Waals surface area contributed by atoms with E-state index in [0.29, 0.717) is 4.90 Å². The van der Waals surface area contributed by atoms with Gasteiger partial charge in [0.05, 0.1) is 0 Å². The number of allylic oxidation sites excluding steroid dienone is 1. The molecule has 0 N–H and O–H groups in total. The van der Waals surface area contributed by atoms with Crippen LogP contribution in [0.1, 0.15) is 0 Å². The van der Waals surface area contributed by atoms with E-state index in [-0.39, 0.29) is 11.9 Å². The van der Waals surface area contributed by atoms with Crippen molar-refractivity contribution in [2.24, 2.45) is 0 Å². The van der Waals surface area contributed by atoms with Gasteiger partial charge in [0.25, 0.3) is 0 Å². The molecule has 1 rings (SSSR count). The lowest BCUT2D eigenvalue weighted by molar-refractivity contribution is -0.257. The minimum atomic E-state index is -5.70. The molecule has 1 aliphatic heterocycles. The zero-order chi connectivity index (χ0) is 18.2. The highest BCUT2D eigenvalue weighted by Gasteiger charge is 2.47. The van der Waals surface area contributed by atoms with E-state index in [1.807, 2.05) is 0 Å². The van der Waals surface area contributed by atoms with Crippen LogP contribution in [0.2, 0.25) is 0 Å². The highest BCUT2D eigenvalue weighted by molar-refractivity contribution is 5.12. The third-order valence-corrected chi connectivity index (χ3v) is 3.08. The summed E-state index contributed by atoms with van der Waals surface area (Å²) in [5.74, 6) is -4.87. The Hall–Kier alpha value is -1.40. The molecule has 0 aromatic rings. The molecule has 0 radical (unpaired) electrons. The Morgan fingerprint density at radius 2 is 1.26 bits per heavy atom. The summed E-state index contributed by atoms with van der Waals surface area (Å²) < 4.78 is 126. The van der Waals surface area contributed by atoms with Gasteiger partial charge in [-0.2, -0.15) is 43.9 Å². The summed E-state index contributed by atoms with van der Waals surface area (Å²) in [7, 11) is 0.163. The van der Waals surface area contributed by atoms with Crippen LogP contribution in [-0.4, -0.2) is 66.7 Å². The van der Waals surface area contributed by atoms with Gasteiger partial charge in [-0.15, -0.1) is 0 Å². The highest BCUT2D eigenvalue weighted by Crippen LogP contribution is 2.36. The van der Waals surface area contributed by atoms with E-state index in [2.05, 4.69) is 0 Å². The topological polar surface area (TPSA) is 9.72 Å². The summed E-state index contributed by atoms with van der Waals surface area (Å²) in [6.45, 7) is -3.47. The van der Waals surface area contributed by atoms with Crippen LogP contribution in [0.25, 0.3) is 0 Å². The summed E-state index contributed by atoms with van der Waals surface area (Å²) in [6, 6.07) is 0. The monoisotopic (exact) mass is 363 g/mol. The summed E-state index contributed by atoms with van der Waals surface area (Å²) in [6.07, 6.45) is -15.8. The van der Waals surface area contributed by atoms with Crippen LogP contribution in [0, 0.1) is 0 Å². The van der Waals surface area contributed by atoms with Gasteiger partial charge in [0, 0.05) is 33.2 Å². The SMILES string of the molecule is CN(/C(=C(/F)C(F)(F)F)N1CCN(C(F)(F)F)CC1)C(F)(F)F. The maximum Gasteiger partial charge on any atom is 0.485 e. The second kappa shape index (κ2) is 6.24. The fourth-order valence-corrected chi connectivity index (χ4v) is 1.92. The number of hydrogen-bond donors (Lipinski definition) is 0. The Kier molecular flexibility index (Phi) is 5.33. The molecule has 1 heterocycles. The number of alkyl halides is 9. The number of rotatable bonds is 2. The van der Waals surface area contributed by atoms with Crippen molar-refractivity contribution in [1.82, 2.24) is 14.7 Å². The lowest BCUT2D eigenvalue weighted by atomic mass is 10.3. The number of halogens is 10. The third kappa shape index (κ3) is 4.78. The Balaban J connectivity index is 3.10. The molecular formula is C10H11F10N3. The Morgan fingerprint density at radius 1 is 0.826 bits per heavy atom.